The highest BCUT2D eigenvalue weighted by Gasteiger charge is 2.08. The van der Waals surface area contributed by atoms with Gasteiger partial charge in [0.25, 0.3) is 0 Å². The molecule has 21 heavy (non-hydrogen) atoms. The number of nitrogens with two attached hydrogens (primary N) is 1. The Labute approximate surface area is 124 Å². The lowest BCUT2D eigenvalue weighted by Crippen LogP contribution is -1.98. The van der Waals surface area contributed by atoms with Crippen molar-refractivity contribution in [1.29, 1.82) is 0 Å². The van der Waals surface area contributed by atoms with Crippen molar-refractivity contribution in [3.8, 4) is 17.0 Å². The van der Waals surface area contributed by atoms with Gasteiger partial charge in [0.05, 0.1) is 12.3 Å². The van der Waals surface area contributed by atoms with Crippen molar-refractivity contribution in [2.75, 3.05) is 12.3 Å². The number of anilines is 1. The topological polar surface area (TPSA) is 52.5 Å². The highest BCUT2D eigenvalue weighted by atomic mass is 16.5. The van der Waals surface area contributed by atoms with E-state index in [1.54, 1.807) is 0 Å². The minimum atomic E-state index is 0.722. The van der Waals surface area contributed by atoms with Gasteiger partial charge in [0.2, 0.25) is 0 Å². The van der Waals surface area contributed by atoms with E-state index in [9.17, 15) is 0 Å². The fourth-order valence-electron chi connectivity index (χ4n) is 2.22. The second-order valence-electron chi connectivity index (χ2n) is 5.05. The average molecular weight is 281 g/mol. The molecule has 0 aliphatic carbocycles. The maximum Gasteiger partial charge on any atom is 0.180 e. The molecule has 3 aromatic rings. The van der Waals surface area contributed by atoms with Crippen molar-refractivity contribution < 1.29 is 4.74 Å². The van der Waals surface area contributed by atoms with E-state index in [0.717, 1.165) is 47.8 Å². The van der Waals surface area contributed by atoms with Gasteiger partial charge in [-0.25, -0.2) is 4.98 Å². The number of hydrogen-bond donors (Lipinski definition) is 1. The van der Waals surface area contributed by atoms with Crippen LogP contribution in [0.4, 0.5) is 5.69 Å². The number of hydrogen-bond acceptors (Lipinski definition) is 3. The number of nitrogens with zero attached hydrogens (tertiary/aromatic N) is 2. The number of imidazole rings is 1. The molecule has 4 nitrogen and oxygen atoms in total. The Bertz CT molecular complexity index is 731. The molecular formula is C17H19N3O. The van der Waals surface area contributed by atoms with Crippen LogP contribution >= 0.6 is 0 Å². The predicted molar refractivity (Wildman–Crippen MR) is 85.4 cm³/mol. The first-order chi connectivity index (χ1) is 10.3. The summed E-state index contributed by atoms with van der Waals surface area (Å²) in [4.78, 5) is 4.69. The SMILES string of the molecule is CCCCOc1cccn2cc(-c3ccc(N)cc3)nc12. The molecule has 0 spiro atoms. The summed E-state index contributed by atoms with van der Waals surface area (Å²) in [5.74, 6) is 0.827. The van der Waals surface area contributed by atoms with E-state index in [2.05, 4.69) is 11.9 Å². The summed E-state index contributed by atoms with van der Waals surface area (Å²) in [6.07, 6.45) is 6.16. The molecule has 0 aliphatic heterocycles. The fraction of sp³-hybridized carbons (Fsp3) is 0.235. The second-order valence-corrected chi connectivity index (χ2v) is 5.05. The summed E-state index contributed by atoms with van der Waals surface area (Å²) < 4.78 is 7.82. The zero-order valence-electron chi connectivity index (χ0n) is 12.1. The maximum absolute atomic E-state index is 5.82. The van der Waals surface area contributed by atoms with Crippen molar-refractivity contribution >= 4 is 11.3 Å². The van der Waals surface area contributed by atoms with Gasteiger partial charge in [0, 0.05) is 23.6 Å². The van der Waals surface area contributed by atoms with Crippen LogP contribution < -0.4 is 10.5 Å². The quantitative estimate of drug-likeness (QED) is 0.572. The number of ether oxygens (including phenoxy) is 1. The number of nitrogen functional groups attached to an aromatic ring is 1. The molecule has 108 valence electrons. The summed E-state index contributed by atoms with van der Waals surface area (Å²) >= 11 is 0. The number of rotatable bonds is 5. The van der Waals surface area contributed by atoms with Crippen LogP contribution in [0.5, 0.6) is 5.75 Å². The number of pyridine rings is 1. The van der Waals surface area contributed by atoms with Crippen LogP contribution in [0.15, 0.2) is 48.8 Å². The standard InChI is InChI=1S/C17H19N3O/c1-2-3-11-21-16-5-4-10-20-12-15(19-17(16)20)13-6-8-14(18)9-7-13/h4-10,12H,2-3,11,18H2,1H3. The van der Waals surface area contributed by atoms with Gasteiger partial charge in [0.1, 0.15) is 0 Å². The Balaban J connectivity index is 1.95. The van der Waals surface area contributed by atoms with Gasteiger partial charge >= 0.3 is 0 Å². The van der Waals surface area contributed by atoms with Gasteiger partial charge in [-0.15, -0.1) is 0 Å². The molecule has 4 heteroatoms. The number of aromatic nitrogens is 2. The lowest BCUT2D eigenvalue weighted by atomic mass is 10.1. The number of unbranched alkanes of at least 4 members (excludes halogenated alkanes) is 1. The first-order valence-electron chi connectivity index (χ1n) is 7.24. The monoisotopic (exact) mass is 281 g/mol. The van der Waals surface area contributed by atoms with E-state index in [4.69, 9.17) is 10.5 Å². The van der Waals surface area contributed by atoms with Gasteiger partial charge in [-0.2, -0.15) is 0 Å². The first kappa shape index (κ1) is 13.5. The normalized spacial score (nSPS) is 10.9. The second kappa shape index (κ2) is 5.87. The highest BCUT2D eigenvalue weighted by molar-refractivity contribution is 5.67. The minimum Gasteiger partial charge on any atom is -0.490 e. The van der Waals surface area contributed by atoms with Crippen molar-refractivity contribution in [3.05, 3.63) is 48.8 Å². The molecule has 2 aromatic heterocycles. The third-order valence-corrected chi connectivity index (χ3v) is 3.41. The summed E-state index contributed by atoms with van der Waals surface area (Å²) in [6, 6.07) is 11.7. The van der Waals surface area contributed by atoms with E-state index in [1.165, 1.54) is 0 Å². The molecule has 1 aromatic carbocycles. The lowest BCUT2D eigenvalue weighted by Gasteiger charge is -2.05. The summed E-state index contributed by atoms with van der Waals surface area (Å²) in [5, 5.41) is 0. The molecule has 0 amide bonds. The van der Waals surface area contributed by atoms with E-state index in [0.29, 0.717) is 0 Å². The molecule has 2 N–H and O–H groups in total. The molecule has 3 rings (SSSR count). The molecule has 0 saturated heterocycles. The maximum atomic E-state index is 5.82. The van der Waals surface area contributed by atoms with Crippen LogP contribution in [0.3, 0.4) is 0 Å². The van der Waals surface area contributed by atoms with Crippen LogP contribution in [-0.2, 0) is 0 Å². The molecule has 0 unspecified atom stereocenters. The predicted octanol–water partition coefficient (Wildman–Crippen LogP) is 3.76. The molecule has 0 atom stereocenters. The fourth-order valence-corrected chi connectivity index (χ4v) is 2.22. The Morgan fingerprint density at radius 3 is 2.76 bits per heavy atom. The van der Waals surface area contributed by atoms with Gasteiger partial charge in [-0.05, 0) is 30.7 Å². The van der Waals surface area contributed by atoms with Crippen LogP contribution in [-0.4, -0.2) is 16.0 Å². The Hall–Kier alpha value is -2.49. The van der Waals surface area contributed by atoms with Gasteiger partial charge in [-0.3, -0.25) is 0 Å². The van der Waals surface area contributed by atoms with Crippen LogP contribution in [0.2, 0.25) is 0 Å². The van der Waals surface area contributed by atoms with Crippen molar-refractivity contribution in [3.63, 3.8) is 0 Å². The Morgan fingerprint density at radius 1 is 1.19 bits per heavy atom. The van der Waals surface area contributed by atoms with E-state index < -0.39 is 0 Å². The minimum absolute atomic E-state index is 0.722. The molecule has 2 heterocycles. The molecule has 0 bridgehead atoms. The number of benzene rings is 1. The van der Waals surface area contributed by atoms with Gasteiger partial charge < -0.3 is 14.9 Å². The summed E-state index contributed by atoms with van der Waals surface area (Å²) in [6.45, 7) is 2.87. The highest BCUT2D eigenvalue weighted by Crippen LogP contribution is 2.25. The van der Waals surface area contributed by atoms with E-state index in [-0.39, 0.29) is 0 Å². The first-order valence-corrected chi connectivity index (χ1v) is 7.24. The average Bonchev–Trinajstić information content (AvgIpc) is 2.93. The molecule has 0 saturated carbocycles. The Morgan fingerprint density at radius 2 is 2.00 bits per heavy atom. The van der Waals surface area contributed by atoms with Crippen LogP contribution in [0.1, 0.15) is 19.8 Å². The molecule has 0 radical (unpaired) electrons. The lowest BCUT2D eigenvalue weighted by molar-refractivity contribution is 0.311. The van der Waals surface area contributed by atoms with Crippen molar-refractivity contribution in [2.45, 2.75) is 19.8 Å². The smallest absolute Gasteiger partial charge is 0.180 e. The zero-order valence-corrected chi connectivity index (χ0v) is 12.1. The summed E-state index contributed by atoms with van der Waals surface area (Å²) in [7, 11) is 0. The Kier molecular flexibility index (Phi) is 3.77. The van der Waals surface area contributed by atoms with Crippen molar-refractivity contribution in [1.82, 2.24) is 9.38 Å². The third-order valence-electron chi connectivity index (χ3n) is 3.41. The molecule has 0 fully saturated rings. The van der Waals surface area contributed by atoms with Gasteiger partial charge in [-0.1, -0.05) is 25.5 Å². The summed E-state index contributed by atoms with van der Waals surface area (Å²) in [5.41, 5.74) is 9.30. The van der Waals surface area contributed by atoms with Gasteiger partial charge in [0.15, 0.2) is 11.4 Å². The molecular weight excluding hydrogens is 262 g/mol. The van der Waals surface area contributed by atoms with Crippen LogP contribution in [0.25, 0.3) is 16.9 Å². The van der Waals surface area contributed by atoms with Crippen molar-refractivity contribution in [2.24, 2.45) is 0 Å². The zero-order chi connectivity index (χ0) is 14.7. The van der Waals surface area contributed by atoms with E-state index >= 15 is 0 Å². The largest absolute Gasteiger partial charge is 0.490 e. The molecule has 0 aliphatic rings. The van der Waals surface area contributed by atoms with E-state index in [1.807, 2.05) is 53.2 Å². The third kappa shape index (κ3) is 2.84. The number of fused-ring (bicyclic) bond motifs is 1. The van der Waals surface area contributed by atoms with Crippen LogP contribution in [0, 0.1) is 0 Å².